The van der Waals surface area contributed by atoms with Gasteiger partial charge in [0.1, 0.15) is 0 Å². The second-order valence-corrected chi connectivity index (χ2v) is 6.31. The van der Waals surface area contributed by atoms with Gasteiger partial charge >= 0.3 is 11.9 Å². The molecule has 2 N–H and O–H groups in total. The molecule has 4 rings (SSSR count). The summed E-state index contributed by atoms with van der Waals surface area (Å²) >= 11 is 0. The number of carboxylic acid groups (broad SMARTS) is 2. The molecule has 4 aromatic rings. The van der Waals surface area contributed by atoms with E-state index < -0.39 is 11.9 Å². The summed E-state index contributed by atoms with van der Waals surface area (Å²) in [4.78, 5) is 21.3. The van der Waals surface area contributed by atoms with Crippen LogP contribution in [-0.4, -0.2) is 62.9 Å². The summed E-state index contributed by atoms with van der Waals surface area (Å²) in [7, 11) is 0. The molecule has 13 heteroatoms. The van der Waals surface area contributed by atoms with Gasteiger partial charge in [-0.05, 0) is 38.1 Å². The maximum absolute atomic E-state index is 10.6. The molecule has 0 radical (unpaired) electrons. The molecule has 0 spiro atoms. The number of hydrogen-bond donors (Lipinski definition) is 2. The van der Waals surface area contributed by atoms with Crippen molar-refractivity contribution < 1.29 is 39.3 Å². The zero-order chi connectivity index (χ0) is 23.1. The van der Waals surface area contributed by atoms with Crippen molar-refractivity contribution in [2.75, 3.05) is 0 Å². The Kier molecular flexibility index (Phi) is 8.75. The molecule has 0 unspecified atom stereocenters. The number of nitrogens with zero attached hydrogens (tertiary/aromatic N) is 8. The van der Waals surface area contributed by atoms with Crippen molar-refractivity contribution in [3.05, 3.63) is 71.3 Å². The maximum atomic E-state index is 10.6. The molecule has 0 amide bonds. The summed E-state index contributed by atoms with van der Waals surface area (Å²) < 4.78 is 0. The summed E-state index contributed by atoms with van der Waals surface area (Å²) in [6.07, 6.45) is 0. The third kappa shape index (κ3) is 6.94. The van der Waals surface area contributed by atoms with Crippen molar-refractivity contribution in [3.8, 4) is 22.8 Å². The van der Waals surface area contributed by atoms with Gasteiger partial charge in [0.15, 0.2) is 11.6 Å². The predicted octanol–water partition coefficient (Wildman–Crippen LogP) is 1.88. The molecule has 0 bridgehead atoms. The van der Waals surface area contributed by atoms with E-state index in [1.807, 2.05) is 0 Å². The van der Waals surface area contributed by atoms with Gasteiger partial charge in [-0.3, -0.25) is 0 Å². The summed E-state index contributed by atoms with van der Waals surface area (Å²) in [5.74, 6) is -0.192. The van der Waals surface area contributed by atoms with Crippen molar-refractivity contribution in [2.45, 2.75) is 13.8 Å². The van der Waals surface area contributed by atoms with Crippen molar-refractivity contribution in [1.82, 2.24) is 40.8 Å². The van der Waals surface area contributed by atoms with Crippen molar-refractivity contribution in [2.24, 2.45) is 0 Å². The Hall–Kier alpha value is -4.12. The van der Waals surface area contributed by atoms with Crippen LogP contribution in [0.1, 0.15) is 32.4 Å². The molecule has 0 saturated carbocycles. The normalized spacial score (nSPS) is 9.76. The van der Waals surface area contributed by atoms with Crippen molar-refractivity contribution in [1.29, 1.82) is 0 Å². The Labute approximate surface area is 199 Å². The fraction of sp³-hybridized carbons (Fsp3) is 0.100. The minimum Gasteiger partial charge on any atom is -0.478 e. The van der Waals surface area contributed by atoms with Gasteiger partial charge < -0.3 is 10.2 Å². The van der Waals surface area contributed by atoms with E-state index in [-0.39, 0.29) is 30.6 Å². The molecule has 0 saturated heterocycles. The first-order valence-corrected chi connectivity index (χ1v) is 9.09. The van der Waals surface area contributed by atoms with Crippen LogP contribution in [-0.2, 0) is 19.5 Å². The number of carboxylic acids is 2. The molecule has 0 atom stereocenters. The minimum atomic E-state index is -0.965. The van der Waals surface area contributed by atoms with Gasteiger partial charge in [-0.1, -0.05) is 24.3 Å². The van der Waals surface area contributed by atoms with Crippen LogP contribution >= 0.6 is 0 Å². The number of carbonyl (C=O) groups is 2. The van der Waals surface area contributed by atoms with E-state index in [9.17, 15) is 9.59 Å². The number of benzene rings is 2. The van der Waals surface area contributed by atoms with Crippen LogP contribution in [0, 0.1) is 13.8 Å². The maximum Gasteiger partial charge on any atom is 0.335 e. The van der Waals surface area contributed by atoms with E-state index >= 15 is 0 Å². The molecule has 33 heavy (non-hydrogen) atoms. The van der Waals surface area contributed by atoms with Gasteiger partial charge in [0.25, 0.3) is 0 Å². The Morgan fingerprint density at radius 2 is 0.818 bits per heavy atom. The molecule has 2 heterocycles. The predicted molar refractivity (Wildman–Crippen MR) is 110 cm³/mol. The number of hydrogen-bond acceptors (Lipinski definition) is 10. The summed E-state index contributed by atoms with van der Waals surface area (Å²) in [5, 5.41) is 48.0. The van der Waals surface area contributed by atoms with Crippen molar-refractivity contribution in [3.63, 3.8) is 0 Å². The molecule has 0 aliphatic rings. The second kappa shape index (κ2) is 11.5. The van der Waals surface area contributed by atoms with Crippen LogP contribution in [0.3, 0.4) is 0 Å². The van der Waals surface area contributed by atoms with Gasteiger partial charge in [-0.15, -0.1) is 40.8 Å². The van der Waals surface area contributed by atoms with E-state index in [0.29, 0.717) is 34.4 Å². The number of aromatic carboxylic acids is 2. The molecule has 12 nitrogen and oxygen atoms in total. The minimum absolute atomic E-state index is 0. The van der Waals surface area contributed by atoms with Crippen LogP contribution in [0.25, 0.3) is 22.8 Å². The van der Waals surface area contributed by atoms with Gasteiger partial charge in [0.2, 0.25) is 11.6 Å². The zero-order valence-electron chi connectivity index (χ0n) is 17.6. The van der Waals surface area contributed by atoms with E-state index in [4.69, 9.17) is 10.2 Å². The number of aromatic nitrogens is 8. The number of aryl methyl sites for hydroxylation is 2. The Morgan fingerprint density at radius 1 is 0.545 bits per heavy atom. The molecular formula is C20H16N8O4Zn. The average Bonchev–Trinajstić information content (AvgIpc) is 2.81. The fourth-order valence-corrected chi connectivity index (χ4v) is 2.31. The van der Waals surface area contributed by atoms with Crippen LogP contribution in [0.2, 0.25) is 0 Å². The van der Waals surface area contributed by atoms with E-state index in [0.717, 1.165) is 0 Å². The first kappa shape index (κ1) is 25.1. The van der Waals surface area contributed by atoms with Crippen LogP contribution in [0.4, 0.5) is 0 Å². The third-order valence-corrected chi connectivity index (χ3v) is 3.94. The Balaban J connectivity index is 0.000000227. The zero-order valence-corrected chi connectivity index (χ0v) is 20.6. The molecule has 162 valence electrons. The molecule has 0 aliphatic heterocycles. The fourth-order valence-electron chi connectivity index (χ4n) is 2.31. The largest absolute Gasteiger partial charge is 0.478 e. The topological polar surface area (TPSA) is 178 Å². The Bertz CT molecular complexity index is 1120. The van der Waals surface area contributed by atoms with Gasteiger partial charge in [-0.2, -0.15) is 0 Å². The van der Waals surface area contributed by atoms with E-state index in [1.165, 1.54) is 24.3 Å². The van der Waals surface area contributed by atoms with Gasteiger partial charge in [-0.25, -0.2) is 9.59 Å². The van der Waals surface area contributed by atoms with E-state index in [2.05, 4.69) is 40.8 Å². The van der Waals surface area contributed by atoms with Crippen molar-refractivity contribution >= 4 is 11.9 Å². The monoisotopic (exact) mass is 496 g/mol. The summed E-state index contributed by atoms with van der Waals surface area (Å²) in [6, 6.07) is 12.4. The Morgan fingerprint density at radius 3 is 1.06 bits per heavy atom. The molecule has 2 aromatic carbocycles. The first-order valence-electron chi connectivity index (χ1n) is 9.09. The molecular weight excluding hydrogens is 482 g/mol. The van der Waals surface area contributed by atoms with Gasteiger partial charge in [0, 0.05) is 30.6 Å². The van der Waals surface area contributed by atoms with E-state index in [1.54, 1.807) is 38.1 Å². The first-order chi connectivity index (χ1) is 15.3. The second-order valence-electron chi connectivity index (χ2n) is 6.31. The van der Waals surface area contributed by atoms with Crippen LogP contribution in [0.15, 0.2) is 48.5 Å². The summed E-state index contributed by atoms with van der Waals surface area (Å²) in [5.41, 5.74) is 1.81. The summed E-state index contributed by atoms with van der Waals surface area (Å²) in [6.45, 7) is 3.38. The smallest absolute Gasteiger partial charge is 0.335 e. The third-order valence-electron chi connectivity index (χ3n) is 3.94. The van der Waals surface area contributed by atoms with Gasteiger partial charge in [0.05, 0.1) is 11.1 Å². The quantitative estimate of drug-likeness (QED) is 0.391. The number of rotatable bonds is 4. The standard InChI is InChI=1S/2C10H8N4O2.Zn/c2*1-6-11-13-9(14-12-6)7-2-4-8(5-3-7)10(15)16;/h2*2-5H,1H3,(H,15,16);. The SMILES string of the molecule is Cc1nnc(-c2ccc(C(=O)O)cc2)nn1.Cc1nnc(-c2ccc(C(=O)O)cc2)nn1.[Zn]. The van der Waals surface area contributed by atoms with Crippen LogP contribution in [0.5, 0.6) is 0 Å². The average molecular weight is 498 g/mol. The molecule has 0 aliphatic carbocycles. The van der Waals surface area contributed by atoms with Crippen LogP contribution < -0.4 is 0 Å². The molecule has 0 fully saturated rings. The molecule has 2 aromatic heterocycles.